The lowest BCUT2D eigenvalue weighted by Gasteiger charge is -2.08. The predicted octanol–water partition coefficient (Wildman–Crippen LogP) is 1.25. The summed E-state index contributed by atoms with van der Waals surface area (Å²) in [7, 11) is 0. The van der Waals surface area contributed by atoms with Crippen molar-refractivity contribution in [2.45, 2.75) is 40.3 Å². The molecule has 0 N–H and O–H groups in total. The molecule has 14 heavy (non-hydrogen) atoms. The number of carbonyl (C=O) groups excluding carboxylic acids is 1. The van der Waals surface area contributed by atoms with Crippen molar-refractivity contribution in [3.05, 3.63) is 17.7 Å². The number of aromatic nitrogens is 2. The molecule has 1 aromatic heterocycles. The van der Waals surface area contributed by atoms with Gasteiger partial charge in [0.1, 0.15) is 6.54 Å². The Kier molecular flexibility index (Phi) is 3.28. The molecule has 4 heteroatoms. The first-order valence-electron chi connectivity index (χ1n) is 4.61. The van der Waals surface area contributed by atoms with Crippen molar-refractivity contribution in [1.82, 2.24) is 9.55 Å². The summed E-state index contributed by atoms with van der Waals surface area (Å²) in [6, 6.07) is 0. The molecule has 77 valence electrons. The molecule has 0 aliphatic heterocycles. The van der Waals surface area contributed by atoms with Crippen molar-refractivity contribution < 1.29 is 9.53 Å². The van der Waals surface area contributed by atoms with Gasteiger partial charge in [0.15, 0.2) is 6.33 Å². The lowest BCUT2D eigenvalue weighted by Crippen LogP contribution is -2.17. The topological polar surface area (TPSA) is 44.1 Å². The third-order valence-electron chi connectivity index (χ3n) is 1.92. The smallest absolute Gasteiger partial charge is 0.326 e. The molecule has 1 aromatic rings. The number of hydrogen-bond donors (Lipinski definition) is 0. The number of hydrogen-bond acceptors (Lipinski definition) is 3. The van der Waals surface area contributed by atoms with Gasteiger partial charge in [-0.3, -0.25) is 4.79 Å². The first-order valence-corrected chi connectivity index (χ1v) is 4.61. The maximum absolute atomic E-state index is 11.3. The normalized spacial score (nSPS) is 10.6. The first-order chi connectivity index (χ1) is 6.50. The average molecular weight is 195 g/mol. The van der Waals surface area contributed by atoms with Crippen LogP contribution in [0.5, 0.6) is 0 Å². The molecule has 0 aliphatic rings. The third-order valence-corrected chi connectivity index (χ3v) is 1.92. The van der Waals surface area contributed by atoms with Crippen LogP contribution in [-0.4, -0.2) is 21.6 Å². The summed E-state index contributed by atoms with van der Waals surface area (Å²) in [6.45, 7) is 7.63. The zero-order valence-corrected chi connectivity index (χ0v) is 9.00. The summed E-state index contributed by atoms with van der Waals surface area (Å²) < 4.78 is 6.68. The van der Waals surface area contributed by atoms with E-state index in [0.717, 1.165) is 11.4 Å². The molecule has 0 aliphatic carbocycles. The van der Waals surface area contributed by atoms with Gasteiger partial charge in [-0.1, -0.05) is 0 Å². The minimum Gasteiger partial charge on any atom is -0.462 e. The number of imidazole rings is 1. The van der Waals surface area contributed by atoms with Crippen molar-refractivity contribution in [1.29, 1.82) is 0 Å². The van der Waals surface area contributed by atoms with E-state index in [-0.39, 0.29) is 18.6 Å². The van der Waals surface area contributed by atoms with Gasteiger partial charge in [0, 0.05) is 5.69 Å². The number of esters is 1. The molecule has 0 saturated heterocycles. The Bertz CT molecular complexity index is 329. The van der Waals surface area contributed by atoms with E-state index in [1.807, 2.05) is 27.7 Å². The van der Waals surface area contributed by atoms with E-state index < -0.39 is 0 Å². The molecule has 0 amide bonds. The van der Waals surface area contributed by atoms with Gasteiger partial charge in [-0.2, -0.15) is 0 Å². The highest BCUT2D eigenvalue weighted by atomic mass is 16.5. The monoisotopic (exact) mass is 195 g/mol. The highest BCUT2D eigenvalue weighted by Gasteiger charge is 2.09. The van der Waals surface area contributed by atoms with Crippen LogP contribution in [0.1, 0.15) is 25.2 Å². The summed E-state index contributed by atoms with van der Waals surface area (Å²) in [6.07, 6.45) is 2.67. The Morgan fingerprint density at radius 3 is 2.64 bits per heavy atom. The van der Waals surface area contributed by atoms with Gasteiger partial charge in [0.25, 0.3) is 0 Å². The van der Waals surface area contributed by atoms with Crippen LogP contribution in [0.4, 0.5) is 0 Å². The predicted molar refractivity (Wildman–Crippen MR) is 51.8 cm³/mol. The molecule has 0 unspecified atom stereocenters. The summed E-state index contributed by atoms with van der Waals surface area (Å²) in [4.78, 5) is 15.3. The molecule has 0 bridgehead atoms. The fourth-order valence-corrected chi connectivity index (χ4v) is 1.07. The average Bonchev–Trinajstić information content (AvgIpc) is 2.34. The van der Waals surface area contributed by atoms with Crippen molar-refractivity contribution in [2.75, 3.05) is 0 Å². The highest BCUT2D eigenvalue weighted by molar-refractivity contribution is 5.69. The Morgan fingerprint density at radius 2 is 2.21 bits per heavy atom. The molecule has 1 rings (SSSR count). The van der Waals surface area contributed by atoms with Gasteiger partial charge < -0.3 is 9.30 Å². The van der Waals surface area contributed by atoms with Crippen LogP contribution in [0.25, 0.3) is 0 Å². The summed E-state index contributed by atoms with van der Waals surface area (Å²) in [5.74, 6) is -0.253. The number of aryl methyl sites for hydroxylation is 1. The van der Waals surface area contributed by atoms with E-state index in [2.05, 4.69) is 11.3 Å². The van der Waals surface area contributed by atoms with Crippen LogP contribution >= 0.6 is 0 Å². The summed E-state index contributed by atoms with van der Waals surface area (Å²) in [5.41, 5.74) is 1.84. The maximum atomic E-state index is 11.3. The third kappa shape index (κ3) is 2.58. The molecule has 1 heterocycles. The Morgan fingerprint density at radius 1 is 1.57 bits per heavy atom. The first kappa shape index (κ1) is 10.8. The summed E-state index contributed by atoms with van der Waals surface area (Å²) >= 11 is 0. The van der Waals surface area contributed by atoms with E-state index in [9.17, 15) is 4.79 Å². The van der Waals surface area contributed by atoms with Crippen LogP contribution in [-0.2, 0) is 16.1 Å². The Hall–Kier alpha value is -1.32. The lowest BCUT2D eigenvalue weighted by molar-refractivity contribution is -0.148. The van der Waals surface area contributed by atoms with Gasteiger partial charge in [-0.15, -0.1) is 0 Å². The van der Waals surface area contributed by atoms with E-state index >= 15 is 0 Å². The van der Waals surface area contributed by atoms with Crippen molar-refractivity contribution >= 4 is 5.97 Å². The number of rotatable bonds is 3. The molecular formula is C10H15N2O2. The second-order valence-electron chi connectivity index (χ2n) is 3.51. The highest BCUT2D eigenvalue weighted by Crippen LogP contribution is 2.04. The zero-order chi connectivity index (χ0) is 10.7. The van der Waals surface area contributed by atoms with Crippen LogP contribution < -0.4 is 0 Å². The van der Waals surface area contributed by atoms with Crippen molar-refractivity contribution in [2.24, 2.45) is 0 Å². The van der Waals surface area contributed by atoms with Crippen LogP contribution in [0.2, 0.25) is 0 Å². The molecule has 1 radical (unpaired) electrons. The Balaban J connectivity index is 2.61. The van der Waals surface area contributed by atoms with E-state index in [0.29, 0.717) is 0 Å². The number of nitrogens with zero attached hydrogens (tertiary/aromatic N) is 2. The number of carbonyl (C=O) groups is 1. The quantitative estimate of drug-likeness (QED) is 0.682. The van der Waals surface area contributed by atoms with Gasteiger partial charge in [-0.25, -0.2) is 4.98 Å². The second kappa shape index (κ2) is 4.26. The molecule has 0 aromatic carbocycles. The molecule has 0 atom stereocenters. The van der Waals surface area contributed by atoms with E-state index in [1.54, 1.807) is 4.57 Å². The summed E-state index contributed by atoms with van der Waals surface area (Å²) in [5, 5.41) is 0. The van der Waals surface area contributed by atoms with Crippen LogP contribution in [0.3, 0.4) is 0 Å². The minimum atomic E-state index is -0.253. The minimum absolute atomic E-state index is 0.0765. The lowest BCUT2D eigenvalue weighted by atomic mass is 10.4. The largest absolute Gasteiger partial charge is 0.462 e. The van der Waals surface area contributed by atoms with Crippen molar-refractivity contribution in [3.63, 3.8) is 0 Å². The van der Waals surface area contributed by atoms with E-state index in [1.165, 1.54) is 0 Å². The SMILES string of the molecule is Cc1n[c]n(CC(=O)OC(C)C)c1C. The van der Waals surface area contributed by atoms with Crippen LogP contribution in [0, 0.1) is 20.2 Å². The fraction of sp³-hybridized carbons (Fsp3) is 0.600. The number of ether oxygens (including phenoxy) is 1. The van der Waals surface area contributed by atoms with Gasteiger partial charge in [0.2, 0.25) is 0 Å². The Labute approximate surface area is 83.9 Å². The molecule has 0 spiro atoms. The van der Waals surface area contributed by atoms with Gasteiger partial charge >= 0.3 is 5.97 Å². The standard InChI is InChI=1S/C10H15N2O2/c1-7(2)14-10(13)5-12-6-11-8(3)9(12)4/h7H,5H2,1-4H3. The zero-order valence-electron chi connectivity index (χ0n) is 9.00. The molecule has 0 fully saturated rings. The van der Waals surface area contributed by atoms with Crippen molar-refractivity contribution in [3.8, 4) is 0 Å². The van der Waals surface area contributed by atoms with Crippen LogP contribution in [0.15, 0.2) is 0 Å². The fourth-order valence-electron chi connectivity index (χ4n) is 1.07. The van der Waals surface area contributed by atoms with E-state index in [4.69, 9.17) is 4.74 Å². The maximum Gasteiger partial charge on any atom is 0.326 e. The molecular weight excluding hydrogens is 180 g/mol. The van der Waals surface area contributed by atoms with Gasteiger partial charge in [-0.05, 0) is 27.7 Å². The van der Waals surface area contributed by atoms with Gasteiger partial charge in [0.05, 0.1) is 11.8 Å². The molecule has 0 saturated carbocycles. The second-order valence-corrected chi connectivity index (χ2v) is 3.51. The molecule has 4 nitrogen and oxygen atoms in total.